The number of rotatable bonds is 3. The van der Waals surface area contributed by atoms with Crippen LogP contribution in [0.3, 0.4) is 0 Å². The Morgan fingerprint density at radius 1 is 1.27 bits per heavy atom. The highest BCUT2D eigenvalue weighted by Gasteiger charge is 2.35. The number of benzene rings is 1. The van der Waals surface area contributed by atoms with Gasteiger partial charge in [0.05, 0.1) is 26.9 Å². The molecule has 2 aromatic rings. The van der Waals surface area contributed by atoms with E-state index in [2.05, 4.69) is 59.1 Å². The molecule has 2 bridgehead atoms. The maximum Gasteiger partial charge on any atom is 0.147 e. The first-order valence-corrected chi connectivity index (χ1v) is 9.23. The van der Waals surface area contributed by atoms with Gasteiger partial charge in [0.1, 0.15) is 11.4 Å². The quantitative estimate of drug-likeness (QED) is 0.773. The van der Waals surface area contributed by atoms with Crippen LogP contribution in [0.1, 0.15) is 31.4 Å². The van der Waals surface area contributed by atoms with Crippen molar-refractivity contribution in [3.05, 3.63) is 26.8 Å². The summed E-state index contributed by atoms with van der Waals surface area (Å²) in [4.78, 5) is 2.46. The molecule has 0 amide bonds. The molecule has 0 spiro atoms. The van der Waals surface area contributed by atoms with Crippen molar-refractivity contribution < 1.29 is 4.74 Å². The molecule has 1 N–H and O–H groups in total. The Bertz CT molecular complexity index is 697. The number of halogens is 2. The Morgan fingerprint density at radius 3 is 2.59 bits per heavy atom. The van der Waals surface area contributed by atoms with Crippen LogP contribution in [0, 0.1) is 0 Å². The smallest absolute Gasteiger partial charge is 0.147 e. The number of nitrogens with zero attached hydrogens (tertiary/aromatic N) is 2. The molecule has 116 valence electrons. The zero-order chi connectivity index (χ0) is 15.3. The average Bonchev–Trinajstić information content (AvgIpc) is 2.99. The van der Waals surface area contributed by atoms with E-state index in [1.165, 1.54) is 24.2 Å². The second-order valence-electron chi connectivity index (χ2n) is 5.80. The van der Waals surface area contributed by atoms with Gasteiger partial charge < -0.3 is 9.64 Å². The third kappa shape index (κ3) is 2.19. The number of piperidine rings is 1. The molecule has 1 aromatic heterocycles. The minimum atomic E-state index is 0.643. The van der Waals surface area contributed by atoms with E-state index in [0.717, 1.165) is 39.0 Å². The van der Waals surface area contributed by atoms with Crippen molar-refractivity contribution in [1.29, 1.82) is 0 Å². The topological polar surface area (TPSA) is 41.1 Å². The lowest BCUT2D eigenvalue weighted by atomic mass is 9.86. The minimum Gasteiger partial charge on any atom is -0.492 e. The number of aromatic amines is 1. The summed E-state index contributed by atoms with van der Waals surface area (Å²) in [5.74, 6) is 1.49. The van der Waals surface area contributed by atoms with E-state index < -0.39 is 0 Å². The Kier molecular flexibility index (Phi) is 3.69. The number of aromatic nitrogens is 2. The number of H-pyrrole nitrogens is 1. The molecule has 3 aliphatic heterocycles. The lowest BCUT2D eigenvalue weighted by Crippen LogP contribution is -2.38. The van der Waals surface area contributed by atoms with Crippen molar-refractivity contribution in [2.24, 2.45) is 0 Å². The van der Waals surface area contributed by atoms with E-state index in [1.54, 1.807) is 0 Å². The number of fused-ring (bicyclic) bond motifs is 2. The summed E-state index contributed by atoms with van der Waals surface area (Å²) in [6.45, 7) is 4.91. The molecule has 1 saturated heterocycles. The van der Waals surface area contributed by atoms with E-state index in [9.17, 15) is 0 Å². The summed E-state index contributed by atoms with van der Waals surface area (Å²) >= 11 is 7.23. The van der Waals surface area contributed by atoms with Crippen LogP contribution in [0.2, 0.25) is 0 Å². The molecule has 1 fully saturated rings. The molecule has 4 nitrogen and oxygen atoms in total. The molecule has 0 unspecified atom stereocenters. The van der Waals surface area contributed by atoms with E-state index in [0.29, 0.717) is 12.5 Å². The third-order valence-corrected chi connectivity index (χ3v) is 5.73. The Labute approximate surface area is 146 Å². The van der Waals surface area contributed by atoms with Crippen LogP contribution >= 0.6 is 31.9 Å². The Balaban J connectivity index is 1.81. The van der Waals surface area contributed by atoms with Crippen LogP contribution in [-0.4, -0.2) is 29.9 Å². The van der Waals surface area contributed by atoms with Gasteiger partial charge in [-0.2, -0.15) is 5.10 Å². The fourth-order valence-corrected chi connectivity index (χ4v) is 4.94. The Hall–Kier alpha value is -1.01. The van der Waals surface area contributed by atoms with E-state index in [4.69, 9.17) is 4.74 Å². The van der Waals surface area contributed by atoms with Crippen molar-refractivity contribution in [2.45, 2.75) is 25.7 Å². The monoisotopic (exact) mass is 425 g/mol. The first kappa shape index (κ1) is 14.6. The van der Waals surface area contributed by atoms with Gasteiger partial charge in [-0.1, -0.05) is 0 Å². The van der Waals surface area contributed by atoms with Crippen molar-refractivity contribution >= 4 is 37.5 Å². The summed E-state index contributed by atoms with van der Waals surface area (Å²) in [6.07, 6.45) is 2.48. The fourth-order valence-electron chi connectivity index (χ4n) is 3.53. The number of nitrogens with one attached hydrogen (secondary N) is 1. The molecular formula is C16H17Br2N3O. The molecule has 3 aliphatic rings. The number of hydrogen-bond acceptors (Lipinski definition) is 3. The lowest BCUT2D eigenvalue weighted by Gasteiger charge is -2.40. The number of ether oxygens (including phenoxy) is 1. The van der Waals surface area contributed by atoms with Gasteiger partial charge in [-0.3, -0.25) is 5.10 Å². The summed E-state index contributed by atoms with van der Waals surface area (Å²) < 4.78 is 7.57. The summed E-state index contributed by atoms with van der Waals surface area (Å²) in [5, 5.41) is 7.90. The molecular weight excluding hydrogens is 410 g/mol. The summed E-state index contributed by atoms with van der Waals surface area (Å²) in [5.41, 5.74) is 4.76. The maximum atomic E-state index is 5.67. The van der Waals surface area contributed by atoms with Crippen LogP contribution in [0.5, 0.6) is 5.75 Å². The standard InChI is InChI=1S/C16H17Br2N3O/c1-2-22-16-11(17)7-10(8-12(16)18)14-15-13(19-20-14)9-3-5-21(15)6-4-9/h7-9H,2-6H2,1H3,(H,19,20). The first-order valence-electron chi connectivity index (χ1n) is 7.64. The van der Waals surface area contributed by atoms with Crippen LogP contribution < -0.4 is 9.64 Å². The van der Waals surface area contributed by atoms with Crippen molar-refractivity contribution in [3.8, 4) is 17.0 Å². The molecule has 1 aromatic carbocycles. The van der Waals surface area contributed by atoms with Crippen LogP contribution in [-0.2, 0) is 0 Å². The van der Waals surface area contributed by atoms with Crippen LogP contribution in [0.4, 0.5) is 5.69 Å². The zero-order valence-electron chi connectivity index (χ0n) is 12.3. The summed E-state index contributed by atoms with van der Waals surface area (Å²) in [6, 6.07) is 4.19. The fraction of sp³-hybridized carbons (Fsp3) is 0.438. The van der Waals surface area contributed by atoms with Crippen molar-refractivity contribution in [1.82, 2.24) is 10.2 Å². The van der Waals surface area contributed by atoms with Crippen LogP contribution in [0.15, 0.2) is 21.1 Å². The average molecular weight is 427 g/mol. The van der Waals surface area contributed by atoms with Gasteiger partial charge >= 0.3 is 0 Å². The Morgan fingerprint density at radius 2 is 1.95 bits per heavy atom. The highest BCUT2D eigenvalue weighted by molar-refractivity contribution is 9.11. The normalized spacial score (nSPS) is 17.0. The molecule has 6 heteroatoms. The third-order valence-electron chi connectivity index (χ3n) is 4.55. The zero-order valence-corrected chi connectivity index (χ0v) is 15.5. The van der Waals surface area contributed by atoms with Gasteiger partial charge in [-0.05, 0) is 63.8 Å². The number of anilines is 1. The minimum absolute atomic E-state index is 0.643. The molecule has 0 radical (unpaired) electrons. The summed E-state index contributed by atoms with van der Waals surface area (Å²) in [7, 11) is 0. The van der Waals surface area contributed by atoms with Crippen molar-refractivity contribution in [3.63, 3.8) is 0 Å². The molecule has 0 atom stereocenters. The van der Waals surface area contributed by atoms with E-state index in [1.807, 2.05) is 6.92 Å². The van der Waals surface area contributed by atoms with Gasteiger partial charge in [0, 0.05) is 24.6 Å². The SMILES string of the molecule is CCOc1c(Br)cc(-c2n[nH]c3c2N2CCC3CC2)cc1Br. The molecule has 22 heavy (non-hydrogen) atoms. The number of hydrogen-bond donors (Lipinski definition) is 1. The molecule has 5 rings (SSSR count). The second kappa shape index (κ2) is 5.57. The van der Waals surface area contributed by atoms with Gasteiger partial charge in [0.15, 0.2) is 0 Å². The highest BCUT2D eigenvalue weighted by atomic mass is 79.9. The van der Waals surface area contributed by atoms with Gasteiger partial charge in [-0.15, -0.1) is 0 Å². The largest absolute Gasteiger partial charge is 0.492 e. The van der Waals surface area contributed by atoms with E-state index >= 15 is 0 Å². The second-order valence-corrected chi connectivity index (χ2v) is 7.51. The van der Waals surface area contributed by atoms with Gasteiger partial charge in [-0.25, -0.2) is 0 Å². The van der Waals surface area contributed by atoms with Gasteiger partial charge in [0.25, 0.3) is 0 Å². The first-order chi connectivity index (χ1) is 10.7. The molecule has 0 saturated carbocycles. The predicted octanol–water partition coefficient (Wildman–Crippen LogP) is 4.70. The van der Waals surface area contributed by atoms with Gasteiger partial charge in [0.2, 0.25) is 0 Å². The van der Waals surface area contributed by atoms with Crippen LogP contribution in [0.25, 0.3) is 11.3 Å². The lowest BCUT2D eigenvalue weighted by molar-refractivity contribution is 0.336. The highest BCUT2D eigenvalue weighted by Crippen LogP contribution is 2.47. The maximum absolute atomic E-state index is 5.67. The van der Waals surface area contributed by atoms with E-state index in [-0.39, 0.29) is 0 Å². The molecule has 0 aliphatic carbocycles. The van der Waals surface area contributed by atoms with Crippen molar-refractivity contribution in [2.75, 3.05) is 24.6 Å². The molecule has 4 heterocycles. The predicted molar refractivity (Wildman–Crippen MR) is 94.8 cm³/mol.